The van der Waals surface area contributed by atoms with Gasteiger partial charge in [-0.15, -0.1) is 0 Å². The highest BCUT2D eigenvalue weighted by Crippen LogP contribution is 2.41. The molecule has 46 heavy (non-hydrogen) atoms. The highest BCUT2D eigenvalue weighted by Gasteiger charge is 2.47. The third kappa shape index (κ3) is 7.61. The zero-order valence-corrected chi connectivity index (χ0v) is 29.1. The van der Waals surface area contributed by atoms with Gasteiger partial charge in [-0.1, -0.05) is 77.6 Å². The molecule has 4 saturated heterocycles. The third-order valence-electron chi connectivity index (χ3n) is 11.8. The van der Waals surface area contributed by atoms with Gasteiger partial charge in [-0.25, -0.2) is 19.8 Å². The summed E-state index contributed by atoms with van der Waals surface area (Å²) >= 11 is 0. The van der Waals surface area contributed by atoms with E-state index in [1.807, 2.05) is 6.92 Å². The largest absolute Gasteiger partial charge is 0.462 e. The topological polar surface area (TPSA) is 93.0 Å². The van der Waals surface area contributed by atoms with E-state index in [1.54, 1.807) is 0 Å². The van der Waals surface area contributed by atoms with Crippen molar-refractivity contribution in [2.75, 3.05) is 6.61 Å². The summed E-state index contributed by atoms with van der Waals surface area (Å²) in [6.45, 7) is 6.85. The Hall–Kier alpha value is -2.13. The van der Waals surface area contributed by atoms with Crippen molar-refractivity contribution in [3.63, 3.8) is 0 Å². The van der Waals surface area contributed by atoms with Crippen LogP contribution in [0, 0.1) is 0 Å². The number of nitrogens with one attached hydrogen (secondary N) is 1. The number of hydrogen-bond donors (Lipinski definition) is 2. The average Bonchev–Trinajstić information content (AvgIpc) is 3.65. The van der Waals surface area contributed by atoms with Crippen molar-refractivity contribution in [1.29, 1.82) is 0 Å². The van der Waals surface area contributed by atoms with Gasteiger partial charge in [-0.05, 0) is 78.1 Å². The molecule has 9 nitrogen and oxygen atoms in total. The third-order valence-corrected chi connectivity index (χ3v) is 11.8. The lowest BCUT2D eigenvalue weighted by atomic mass is 9.96. The second kappa shape index (κ2) is 15.8. The molecule has 0 saturated carbocycles. The van der Waals surface area contributed by atoms with Gasteiger partial charge in [-0.3, -0.25) is 10.5 Å². The van der Waals surface area contributed by atoms with Gasteiger partial charge >= 0.3 is 5.97 Å². The van der Waals surface area contributed by atoms with E-state index in [9.17, 15) is 10.0 Å². The smallest absolute Gasteiger partial charge is 0.341 e. The standard InChI is InChI=1S/C37H62N6O3/c1-4-5-6-7-8-10-13-16-28-24-32-20-21-33-34(27(3)38-36(39-28)42(32)33)35(44)46-22-15-12-9-11-14-17-29-25-31-19-18-30-23-26(2)43(45)37(40-29)41(30)31/h26,28-32,36,39,45H,4-25H2,1-3H3. The Balaban J connectivity index is 0.874. The molecule has 2 N–H and O–H groups in total. The van der Waals surface area contributed by atoms with Gasteiger partial charge in [0.05, 0.1) is 30.0 Å². The number of esters is 1. The second-order valence-electron chi connectivity index (χ2n) is 15.3. The Morgan fingerprint density at radius 1 is 0.848 bits per heavy atom. The number of allylic oxidation sites excluding steroid dienone is 1. The molecule has 0 aliphatic carbocycles. The summed E-state index contributed by atoms with van der Waals surface area (Å²) in [5.74, 6) is 0.650. The van der Waals surface area contributed by atoms with Crippen LogP contribution in [0.1, 0.15) is 156 Å². The Labute approximate surface area is 278 Å². The Morgan fingerprint density at radius 2 is 1.52 bits per heavy atom. The van der Waals surface area contributed by atoms with Crippen molar-refractivity contribution in [3.8, 4) is 0 Å². The zero-order valence-electron chi connectivity index (χ0n) is 29.1. The van der Waals surface area contributed by atoms with Crippen LogP contribution in [0.25, 0.3) is 0 Å². The molecule has 0 aromatic rings. The molecule has 0 radical (unpaired) electrons. The van der Waals surface area contributed by atoms with E-state index in [1.165, 1.54) is 75.7 Å². The van der Waals surface area contributed by atoms with Crippen LogP contribution in [-0.4, -0.2) is 86.9 Å². The van der Waals surface area contributed by atoms with E-state index >= 15 is 0 Å². The van der Waals surface area contributed by atoms with E-state index < -0.39 is 0 Å². The molecule has 6 heterocycles. The van der Waals surface area contributed by atoms with E-state index in [2.05, 4.69) is 29.0 Å². The Kier molecular flexibility index (Phi) is 11.6. The number of ether oxygens (including phenoxy) is 1. The summed E-state index contributed by atoms with van der Waals surface area (Å²) in [6.07, 6.45) is 25.1. The fourth-order valence-electron chi connectivity index (χ4n) is 9.33. The fourth-order valence-corrected chi connectivity index (χ4v) is 9.33. The Bertz CT molecular complexity index is 1140. The normalized spacial score (nSPS) is 31.6. The first kappa shape index (κ1) is 33.8. The van der Waals surface area contributed by atoms with Gasteiger partial charge in [0.2, 0.25) is 5.96 Å². The van der Waals surface area contributed by atoms with E-state index in [0.29, 0.717) is 36.8 Å². The molecule has 4 fully saturated rings. The molecule has 6 aliphatic rings. The number of carbonyl (C=O) groups excluding carboxylic acids is 1. The predicted molar refractivity (Wildman–Crippen MR) is 184 cm³/mol. The molecule has 0 aromatic heterocycles. The molecule has 7 atom stereocenters. The summed E-state index contributed by atoms with van der Waals surface area (Å²) in [4.78, 5) is 28.1. The minimum atomic E-state index is -0.185. The quantitative estimate of drug-likeness (QED) is 0.128. The number of guanidine groups is 1. The molecule has 0 spiro atoms. The molecule has 0 aromatic carbocycles. The number of nitrogens with zero attached hydrogens (tertiary/aromatic N) is 5. The van der Waals surface area contributed by atoms with Crippen LogP contribution in [0.3, 0.4) is 0 Å². The summed E-state index contributed by atoms with van der Waals surface area (Å²) in [6, 6.07) is 2.61. The van der Waals surface area contributed by atoms with Gasteiger partial charge in [0.15, 0.2) is 6.29 Å². The SMILES string of the molecule is CCCCCCCCCC1CC2CCC3=C(C(=O)OCCCCCCCC4CC5CCC6CC(C)N(O)C(=N4)N56)C(C)=NC(N1)N32. The number of carbonyl (C=O) groups is 1. The first-order chi connectivity index (χ1) is 22.4. The summed E-state index contributed by atoms with van der Waals surface area (Å²) in [7, 11) is 0. The van der Waals surface area contributed by atoms with Crippen molar-refractivity contribution in [2.45, 2.75) is 198 Å². The van der Waals surface area contributed by atoms with Crippen molar-refractivity contribution >= 4 is 17.6 Å². The minimum Gasteiger partial charge on any atom is -0.462 e. The van der Waals surface area contributed by atoms with Crippen molar-refractivity contribution in [3.05, 3.63) is 11.3 Å². The van der Waals surface area contributed by atoms with Gasteiger partial charge < -0.3 is 14.5 Å². The van der Waals surface area contributed by atoms with Crippen molar-refractivity contribution in [2.24, 2.45) is 9.98 Å². The van der Waals surface area contributed by atoms with Gasteiger partial charge in [0, 0.05) is 29.9 Å². The summed E-state index contributed by atoms with van der Waals surface area (Å²) < 4.78 is 5.83. The van der Waals surface area contributed by atoms with E-state index in [4.69, 9.17) is 14.7 Å². The van der Waals surface area contributed by atoms with E-state index in [0.717, 1.165) is 87.1 Å². The van der Waals surface area contributed by atoms with Crippen molar-refractivity contribution < 1.29 is 14.7 Å². The van der Waals surface area contributed by atoms with Crippen LogP contribution >= 0.6 is 0 Å². The van der Waals surface area contributed by atoms with Crippen LogP contribution in [0.4, 0.5) is 0 Å². The van der Waals surface area contributed by atoms with Gasteiger partial charge in [-0.2, -0.15) is 0 Å². The van der Waals surface area contributed by atoms with Crippen LogP contribution in [0.5, 0.6) is 0 Å². The van der Waals surface area contributed by atoms with E-state index in [-0.39, 0.29) is 18.3 Å². The lowest BCUT2D eigenvalue weighted by Crippen LogP contribution is -2.59. The van der Waals surface area contributed by atoms with Crippen LogP contribution in [-0.2, 0) is 9.53 Å². The molecule has 0 bridgehead atoms. The first-order valence-corrected chi connectivity index (χ1v) is 19.3. The molecule has 258 valence electrons. The van der Waals surface area contributed by atoms with Crippen LogP contribution < -0.4 is 5.32 Å². The molecule has 6 rings (SSSR count). The van der Waals surface area contributed by atoms with Gasteiger partial charge in [0.1, 0.15) is 0 Å². The number of rotatable bonds is 17. The molecule has 9 heteroatoms. The highest BCUT2D eigenvalue weighted by atomic mass is 16.5. The molecule has 7 unspecified atom stereocenters. The lowest BCUT2D eigenvalue weighted by molar-refractivity contribution is -0.138. The highest BCUT2D eigenvalue weighted by molar-refractivity contribution is 6.19. The fraction of sp³-hybridized carbons (Fsp3) is 0.865. The second-order valence-corrected chi connectivity index (χ2v) is 15.3. The summed E-state index contributed by atoms with van der Waals surface area (Å²) in [5, 5.41) is 15.9. The zero-order chi connectivity index (χ0) is 32.0. The molecular formula is C37H62N6O3. The minimum absolute atomic E-state index is 0.0230. The van der Waals surface area contributed by atoms with Crippen LogP contribution in [0.15, 0.2) is 21.3 Å². The maximum atomic E-state index is 13.3. The first-order valence-electron chi connectivity index (χ1n) is 19.3. The number of hydroxylamine groups is 2. The maximum Gasteiger partial charge on any atom is 0.341 e. The van der Waals surface area contributed by atoms with Crippen molar-refractivity contribution in [1.82, 2.24) is 20.2 Å². The maximum absolute atomic E-state index is 13.3. The Morgan fingerprint density at radius 3 is 2.30 bits per heavy atom. The number of unbranched alkanes of at least 4 members (excludes halogenated alkanes) is 10. The molecule has 0 amide bonds. The molecular weight excluding hydrogens is 576 g/mol. The molecule has 6 aliphatic heterocycles. The number of aliphatic imine (C=N–C) groups is 2. The predicted octanol–water partition coefficient (Wildman–Crippen LogP) is 7.29. The monoisotopic (exact) mass is 638 g/mol. The lowest BCUT2D eigenvalue weighted by Gasteiger charge is -2.47. The summed E-state index contributed by atoms with van der Waals surface area (Å²) in [5.41, 5.74) is 2.71. The average molecular weight is 639 g/mol. The number of hydrogen-bond acceptors (Lipinski definition) is 9. The van der Waals surface area contributed by atoms with Gasteiger partial charge in [0.25, 0.3) is 0 Å². The van der Waals surface area contributed by atoms with Crippen LogP contribution in [0.2, 0.25) is 0 Å².